The fraction of sp³-hybridized carbons (Fsp3) is 0.250. The molecule has 2 heteroatoms. The van der Waals surface area contributed by atoms with E-state index in [4.69, 9.17) is 4.74 Å². The van der Waals surface area contributed by atoms with Gasteiger partial charge in [0.1, 0.15) is 0 Å². The Morgan fingerprint density at radius 1 is 0.962 bits per heavy atom. The molecule has 26 heavy (non-hydrogen) atoms. The molecule has 2 rings (SSSR count). The summed E-state index contributed by atoms with van der Waals surface area (Å²) in [5, 5.41) is 0. The van der Waals surface area contributed by atoms with E-state index >= 15 is 0 Å². The van der Waals surface area contributed by atoms with Gasteiger partial charge in [-0.25, -0.2) is 0 Å². The molecule has 0 aromatic heterocycles. The zero-order valence-electron chi connectivity index (χ0n) is 15.6. The quantitative estimate of drug-likeness (QED) is 0.279. The van der Waals surface area contributed by atoms with Gasteiger partial charge in [0, 0.05) is 0 Å². The van der Waals surface area contributed by atoms with Gasteiger partial charge in [0.05, 0.1) is 0 Å². The SMILES string of the molecule is C=CCC(/C=C(/C)c1ccccc1)(CC=C)COC[Se]c1ccccc1. The molecule has 0 aliphatic carbocycles. The number of hydrogen-bond acceptors (Lipinski definition) is 1. The second-order valence-electron chi connectivity index (χ2n) is 6.47. The first-order valence-corrected chi connectivity index (χ1v) is 11.0. The van der Waals surface area contributed by atoms with Crippen LogP contribution in [0.5, 0.6) is 0 Å². The van der Waals surface area contributed by atoms with Crippen molar-refractivity contribution in [3.05, 3.63) is 97.6 Å². The predicted octanol–water partition coefficient (Wildman–Crippen LogP) is 5.23. The molecular weight excluding hydrogens is 383 g/mol. The molecule has 0 saturated carbocycles. The molecule has 0 fully saturated rings. The summed E-state index contributed by atoms with van der Waals surface area (Å²) in [6, 6.07) is 21.1. The summed E-state index contributed by atoms with van der Waals surface area (Å²) in [5.74, 6) is 0. The Morgan fingerprint density at radius 2 is 1.54 bits per heavy atom. The Kier molecular flexibility index (Phi) is 8.64. The van der Waals surface area contributed by atoms with Crippen LogP contribution in [-0.4, -0.2) is 27.1 Å². The first kappa shape index (κ1) is 20.5. The van der Waals surface area contributed by atoms with E-state index in [0.717, 1.165) is 18.3 Å². The van der Waals surface area contributed by atoms with Crippen LogP contribution < -0.4 is 4.46 Å². The third-order valence-electron chi connectivity index (χ3n) is 4.30. The molecule has 0 saturated heterocycles. The number of hydrogen-bond donors (Lipinski definition) is 0. The molecule has 1 nitrogen and oxygen atoms in total. The van der Waals surface area contributed by atoms with Gasteiger partial charge in [0.2, 0.25) is 0 Å². The van der Waals surface area contributed by atoms with Gasteiger partial charge in [0.25, 0.3) is 0 Å². The van der Waals surface area contributed by atoms with E-state index in [1.54, 1.807) is 0 Å². The Labute approximate surface area is 164 Å². The maximum atomic E-state index is 6.13. The predicted molar refractivity (Wildman–Crippen MR) is 115 cm³/mol. The van der Waals surface area contributed by atoms with E-state index in [2.05, 4.69) is 80.8 Å². The molecular formula is C24H28OSe. The first-order chi connectivity index (χ1) is 12.7. The summed E-state index contributed by atoms with van der Waals surface area (Å²) in [7, 11) is 0. The van der Waals surface area contributed by atoms with Crippen LogP contribution in [0.1, 0.15) is 25.3 Å². The van der Waals surface area contributed by atoms with E-state index in [9.17, 15) is 0 Å². The Balaban J connectivity index is 2.08. The zero-order chi connectivity index (χ0) is 18.7. The molecule has 0 aliphatic rings. The first-order valence-electron chi connectivity index (χ1n) is 8.91. The van der Waals surface area contributed by atoms with Crippen molar-refractivity contribution in [1.82, 2.24) is 0 Å². The molecule has 0 atom stereocenters. The van der Waals surface area contributed by atoms with E-state index in [1.165, 1.54) is 15.6 Å². The minimum absolute atomic E-state index is 0.0871. The normalized spacial score (nSPS) is 12.0. The summed E-state index contributed by atoms with van der Waals surface area (Å²) < 4.78 is 7.50. The van der Waals surface area contributed by atoms with Crippen LogP contribution in [0.3, 0.4) is 0 Å². The molecule has 0 amide bonds. The van der Waals surface area contributed by atoms with Crippen molar-refractivity contribution >= 4 is 25.0 Å². The number of benzene rings is 2. The van der Waals surface area contributed by atoms with Crippen LogP contribution in [0.25, 0.3) is 5.57 Å². The Bertz CT molecular complexity index is 694. The summed E-state index contributed by atoms with van der Waals surface area (Å²) in [4.78, 5) is 0. The topological polar surface area (TPSA) is 9.23 Å². The number of ether oxygens (including phenoxy) is 1. The fourth-order valence-electron chi connectivity index (χ4n) is 3.05. The van der Waals surface area contributed by atoms with Crippen molar-refractivity contribution < 1.29 is 4.74 Å². The van der Waals surface area contributed by atoms with Gasteiger partial charge in [0.15, 0.2) is 0 Å². The van der Waals surface area contributed by atoms with Crippen molar-refractivity contribution in [1.29, 1.82) is 0 Å². The number of rotatable bonds is 11. The van der Waals surface area contributed by atoms with Crippen LogP contribution >= 0.6 is 0 Å². The van der Waals surface area contributed by atoms with Crippen molar-refractivity contribution in [2.75, 3.05) is 12.1 Å². The summed E-state index contributed by atoms with van der Waals surface area (Å²) in [6.45, 7) is 10.8. The van der Waals surface area contributed by atoms with Gasteiger partial charge < -0.3 is 0 Å². The molecule has 136 valence electrons. The van der Waals surface area contributed by atoms with Crippen LogP contribution in [0.4, 0.5) is 0 Å². The van der Waals surface area contributed by atoms with Crippen LogP contribution in [0, 0.1) is 5.41 Å². The van der Waals surface area contributed by atoms with E-state index < -0.39 is 0 Å². The van der Waals surface area contributed by atoms with Gasteiger partial charge in [-0.05, 0) is 0 Å². The Hall–Kier alpha value is -1.86. The van der Waals surface area contributed by atoms with E-state index in [0.29, 0.717) is 21.6 Å². The van der Waals surface area contributed by atoms with E-state index in [-0.39, 0.29) is 5.41 Å². The molecule has 0 unspecified atom stereocenters. The minimum atomic E-state index is -0.0871. The average Bonchev–Trinajstić information content (AvgIpc) is 2.67. The molecule has 0 spiro atoms. The van der Waals surface area contributed by atoms with Crippen molar-refractivity contribution in [3.8, 4) is 0 Å². The molecule has 0 radical (unpaired) electrons. The van der Waals surface area contributed by atoms with Gasteiger partial charge >= 0.3 is 165 Å². The molecule has 2 aromatic rings. The van der Waals surface area contributed by atoms with Gasteiger partial charge in [-0.15, -0.1) is 0 Å². The summed E-state index contributed by atoms with van der Waals surface area (Å²) in [6.07, 6.45) is 8.08. The fourth-order valence-corrected chi connectivity index (χ4v) is 4.42. The third kappa shape index (κ3) is 6.46. The van der Waals surface area contributed by atoms with Crippen molar-refractivity contribution in [2.24, 2.45) is 5.41 Å². The molecule has 0 N–H and O–H groups in total. The van der Waals surface area contributed by atoms with Gasteiger partial charge in [-0.1, -0.05) is 0 Å². The summed E-state index contributed by atoms with van der Waals surface area (Å²) in [5.41, 5.74) is 3.21. The second-order valence-corrected chi connectivity index (χ2v) is 8.55. The van der Waals surface area contributed by atoms with Gasteiger partial charge in [-0.3, -0.25) is 0 Å². The monoisotopic (exact) mass is 412 g/mol. The average molecular weight is 411 g/mol. The standard InChI is InChI=1S/C24H28OSe/c1-4-16-24(17-5-2,18-21(3)22-12-8-6-9-13-22)19-25-20-26-23-14-10-7-11-15-23/h4-15,18H,1-2,16-17,19-20H2,3H3/b21-18-. The van der Waals surface area contributed by atoms with Crippen molar-refractivity contribution in [2.45, 2.75) is 19.8 Å². The molecule has 2 aromatic carbocycles. The van der Waals surface area contributed by atoms with E-state index in [1.807, 2.05) is 18.2 Å². The van der Waals surface area contributed by atoms with Crippen LogP contribution in [-0.2, 0) is 4.74 Å². The third-order valence-corrected chi connectivity index (χ3v) is 6.16. The Morgan fingerprint density at radius 3 is 2.12 bits per heavy atom. The maximum absolute atomic E-state index is 6.13. The van der Waals surface area contributed by atoms with Crippen LogP contribution in [0.15, 0.2) is 92.0 Å². The molecule has 0 bridgehead atoms. The zero-order valence-corrected chi connectivity index (χ0v) is 17.3. The number of allylic oxidation sites excluding steroid dienone is 3. The second kappa shape index (κ2) is 11.0. The van der Waals surface area contributed by atoms with Gasteiger partial charge in [-0.2, -0.15) is 0 Å². The van der Waals surface area contributed by atoms with Crippen molar-refractivity contribution in [3.63, 3.8) is 0 Å². The molecule has 0 aliphatic heterocycles. The summed E-state index contributed by atoms with van der Waals surface area (Å²) >= 11 is 0.341. The van der Waals surface area contributed by atoms with Crippen LogP contribution in [0.2, 0.25) is 0 Å². The molecule has 0 heterocycles.